The molecule has 142 valence electrons. The second-order valence-electron chi connectivity index (χ2n) is 7.86. The molecule has 0 aromatic rings. The van der Waals surface area contributed by atoms with E-state index in [-0.39, 0.29) is 41.7 Å². The maximum atomic E-state index is 11.9. The number of nitrogens with one attached hydrogen (secondary N) is 2. The SMILES string of the molecule is CN=C(NCC(C)(C)N(C)C)NC1CN(C(=O)OC(C)(C)C)C1.I. The average Bonchev–Trinajstić information content (AvgIpc) is 2.33. The number of hydrogen-bond donors (Lipinski definition) is 2. The number of likely N-dealkylation sites (N-methyl/N-ethyl adjacent to an activating group) is 1. The minimum absolute atomic E-state index is 0. The van der Waals surface area contributed by atoms with Gasteiger partial charge in [0.15, 0.2) is 5.96 Å². The first-order valence-corrected chi connectivity index (χ1v) is 8.07. The highest BCUT2D eigenvalue weighted by Gasteiger charge is 2.34. The Morgan fingerprint density at radius 2 is 1.79 bits per heavy atom. The number of nitrogens with zero attached hydrogens (tertiary/aromatic N) is 3. The molecule has 1 aliphatic rings. The standard InChI is InChI=1S/C16H33N5O2.HI/c1-15(2,3)23-14(22)21-9-12(10-21)19-13(17-6)18-11-16(4,5)20(7)8;/h12H,9-11H2,1-8H3,(H2,17,18,19);1H. The monoisotopic (exact) mass is 455 g/mol. The zero-order valence-corrected chi connectivity index (χ0v) is 18.6. The first-order valence-electron chi connectivity index (χ1n) is 8.07. The molecule has 0 atom stereocenters. The van der Waals surface area contributed by atoms with Crippen LogP contribution in [-0.4, -0.2) is 79.8 Å². The van der Waals surface area contributed by atoms with Crippen molar-refractivity contribution in [2.75, 3.05) is 40.8 Å². The first kappa shape index (κ1) is 23.2. The molecule has 0 bridgehead atoms. The molecule has 1 fully saturated rings. The van der Waals surface area contributed by atoms with Crippen LogP contribution in [0.1, 0.15) is 34.6 Å². The van der Waals surface area contributed by atoms with Gasteiger partial charge in [0.05, 0.1) is 6.04 Å². The van der Waals surface area contributed by atoms with Crippen LogP contribution in [0.5, 0.6) is 0 Å². The van der Waals surface area contributed by atoms with E-state index in [1.165, 1.54) is 0 Å². The normalized spacial score (nSPS) is 16.4. The number of guanidine groups is 1. The molecule has 1 saturated heterocycles. The minimum Gasteiger partial charge on any atom is -0.444 e. The van der Waals surface area contributed by atoms with Crippen molar-refractivity contribution in [1.82, 2.24) is 20.4 Å². The van der Waals surface area contributed by atoms with Gasteiger partial charge in [-0.15, -0.1) is 24.0 Å². The molecule has 0 aromatic heterocycles. The van der Waals surface area contributed by atoms with Crippen molar-refractivity contribution in [1.29, 1.82) is 0 Å². The molecule has 2 N–H and O–H groups in total. The number of halogens is 1. The quantitative estimate of drug-likeness (QED) is 0.384. The Labute approximate surface area is 163 Å². The maximum absolute atomic E-state index is 11.9. The maximum Gasteiger partial charge on any atom is 0.410 e. The van der Waals surface area contributed by atoms with Crippen molar-refractivity contribution in [3.63, 3.8) is 0 Å². The molecule has 0 spiro atoms. The van der Waals surface area contributed by atoms with Crippen LogP contribution in [0.3, 0.4) is 0 Å². The summed E-state index contributed by atoms with van der Waals surface area (Å²) in [5.41, 5.74) is -0.426. The van der Waals surface area contributed by atoms with Gasteiger partial charge in [0.2, 0.25) is 0 Å². The summed E-state index contributed by atoms with van der Waals surface area (Å²) in [6.45, 7) is 12.0. The molecule has 1 heterocycles. The summed E-state index contributed by atoms with van der Waals surface area (Å²) in [7, 11) is 5.87. The van der Waals surface area contributed by atoms with E-state index in [9.17, 15) is 4.79 Å². The van der Waals surface area contributed by atoms with Crippen molar-refractivity contribution >= 4 is 36.0 Å². The summed E-state index contributed by atoms with van der Waals surface area (Å²) in [6.07, 6.45) is -0.257. The van der Waals surface area contributed by atoms with Gasteiger partial charge in [-0.1, -0.05) is 0 Å². The topological polar surface area (TPSA) is 69.2 Å². The number of carbonyl (C=O) groups is 1. The van der Waals surface area contributed by atoms with E-state index < -0.39 is 5.60 Å². The van der Waals surface area contributed by atoms with Gasteiger partial charge in [-0.05, 0) is 48.7 Å². The lowest BCUT2D eigenvalue weighted by Gasteiger charge is -2.41. The van der Waals surface area contributed by atoms with E-state index >= 15 is 0 Å². The summed E-state index contributed by atoms with van der Waals surface area (Å²) >= 11 is 0. The fraction of sp³-hybridized carbons (Fsp3) is 0.875. The molecule has 0 unspecified atom stereocenters. The molecular weight excluding hydrogens is 421 g/mol. The molecule has 0 radical (unpaired) electrons. The predicted molar refractivity (Wildman–Crippen MR) is 109 cm³/mol. The Morgan fingerprint density at radius 3 is 2.21 bits per heavy atom. The van der Waals surface area contributed by atoms with E-state index in [1.807, 2.05) is 20.8 Å². The average molecular weight is 455 g/mol. The van der Waals surface area contributed by atoms with Gasteiger partial charge in [-0.25, -0.2) is 4.79 Å². The summed E-state index contributed by atoms with van der Waals surface area (Å²) in [5.74, 6) is 0.758. The van der Waals surface area contributed by atoms with E-state index in [0.29, 0.717) is 13.1 Å². The van der Waals surface area contributed by atoms with E-state index in [4.69, 9.17) is 4.74 Å². The third kappa shape index (κ3) is 7.42. The highest BCUT2D eigenvalue weighted by Crippen LogP contribution is 2.15. The second kappa shape index (κ2) is 9.07. The molecule has 1 rings (SSSR count). The summed E-state index contributed by atoms with van der Waals surface area (Å²) in [6, 6.07) is 0.205. The van der Waals surface area contributed by atoms with Crippen LogP contribution in [0.25, 0.3) is 0 Å². The fourth-order valence-corrected chi connectivity index (χ4v) is 1.89. The van der Waals surface area contributed by atoms with Gasteiger partial charge in [-0.3, -0.25) is 4.99 Å². The van der Waals surface area contributed by atoms with Gasteiger partial charge >= 0.3 is 6.09 Å². The number of amides is 1. The van der Waals surface area contributed by atoms with Crippen molar-refractivity contribution in [3.05, 3.63) is 0 Å². The highest BCUT2D eigenvalue weighted by molar-refractivity contribution is 14.0. The molecule has 24 heavy (non-hydrogen) atoms. The van der Waals surface area contributed by atoms with Crippen LogP contribution >= 0.6 is 24.0 Å². The molecule has 0 aliphatic carbocycles. The second-order valence-corrected chi connectivity index (χ2v) is 7.86. The number of likely N-dealkylation sites (tertiary alicyclic amines) is 1. The van der Waals surface area contributed by atoms with Crippen molar-refractivity contribution < 1.29 is 9.53 Å². The molecule has 8 heteroatoms. The lowest BCUT2D eigenvalue weighted by atomic mass is 10.0. The van der Waals surface area contributed by atoms with Crippen LogP contribution in [0.2, 0.25) is 0 Å². The zero-order valence-electron chi connectivity index (χ0n) is 16.3. The molecule has 0 aromatic carbocycles. The van der Waals surface area contributed by atoms with Crippen LogP contribution < -0.4 is 10.6 Å². The van der Waals surface area contributed by atoms with Crippen molar-refractivity contribution in [2.45, 2.75) is 51.8 Å². The Kier molecular flexibility index (Phi) is 8.78. The molecule has 7 nitrogen and oxygen atoms in total. The Balaban J connectivity index is 0.00000529. The largest absolute Gasteiger partial charge is 0.444 e. The number of rotatable bonds is 4. The highest BCUT2D eigenvalue weighted by atomic mass is 127. The van der Waals surface area contributed by atoms with Crippen molar-refractivity contribution in [3.8, 4) is 0 Å². The van der Waals surface area contributed by atoms with E-state index in [0.717, 1.165) is 12.5 Å². The summed E-state index contributed by atoms with van der Waals surface area (Å²) in [4.78, 5) is 20.0. The van der Waals surface area contributed by atoms with Crippen LogP contribution in [-0.2, 0) is 4.74 Å². The van der Waals surface area contributed by atoms with Crippen molar-refractivity contribution in [2.24, 2.45) is 4.99 Å². The van der Waals surface area contributed by atoms with Gasteiger partial charge in [0.1, 0.15) is 5.60 Å². The van der Waals surface area contributed by atoms with Gasteiger partial charge in [0.25, 0.3) is 0 Å². The van der Waals surface area contributed by atoms with Gasteiger partial charge in [0, 0.05) is 32.2 Å². The summed E-state index contributed by atoms with van der Waals surface area (Å²) in [5, 5.41) is 6.67. The van der Waals surface area contributed by atoms with Crippen LogP contribution in [0.15, 0.2) is 4.99 Å². The van der Waals surface area contributed by atoms with Gasteiger partial charge < -0.3 is 25.2 Å². The van der Waals surface area contributed by atoms with Crippen LogP contribution in [0, 0.1) is 0 Å². The third-order valence-corrected chi connectivity index (χ3v) is 4.00. The molecule has 1 amide bonds. The lowest BCUT2D eigenvalue weighted by molar-refractivity contribution is 0.00700. The number of hydrogen-bond acceptors (Lipinski definition) is 4. The third-order valence-electron chi connectivity index (χ3n) is 4.00. The molecule has 1 aliphatic heterocycles. The molecular formula is C16H34IN5O2. The fourth-order valence-electron chi connectivity index (χ4n) is 1.89. The number of carbonyl (C=O) groups excluding carboxylic acids is 1. The number of ether oxygens (including phenoxy) is 1. The number of aliphatic imine (C=N–C) groups is 1. The first-order chi connectivity index (χ1) is 10.4. The summed E-state index contributed by atoms with van der Waals surface area (Å²) < 4.78 is 5.35. The lowest BCUT2D eigenvalue weighted by Crippen LogP contribution is -2.63. The van der Waals surface area contributed by atoms with Crippen LogP contribution in [0.4, 0.5) is 4.79 Å². The smallest absolute Gasteiger partial charge is 0.410 e. The van der Waals surface area contributed by atoms with E-state index in [2.05, 4.69) is 48.5 Å². The predicted octanol–water partition coefficient (Wildman–Crippen LogP) is 1.73. The Morgan fingerprint density at radius 1 is 1.25 bits per heavy atom. The zero-order chi connectivity index (χ0) is 17.8. The van der Waals surface area contributed by atoms with Gasteiger partial charge in [-0.2, -0.15) is 0 Å². The Bertz CT molecular complexity index is 440. The van der Waals surface area contributed by atoms with E-state index in [1.54, 1.807) is 11.9 Å². The molecule has 0 saturated carbocycles. The Hall–Kier alpha value is -0.770. The minimum atomic E-state index is -0.453.